The third kappa shape index (κ3) is 5.20. The number of nitrogens with zero attached hydrogens (tertiary/aromatic N) is 5. The summed E-state index contributed by atoms with van der Waals surface area (Å²) >= 11 is 0. The third-order valence-corrected chi connectivity index (χ3v) is 7.23. The van der Waals surface area contributed by atoms with Gasteiger partial charge in [-0.1, -0.05) is 32.4 Å². The number of pyridine rings is 3. The Bertz CT molecular complexity index is 1610. The van der Waals surface area contributed by atoms with Crippen molar-refractivity contribution in [3.8, 4) is 11.1 Å². The fourth-order valence-electron chi connectivity index (χ4n) is 4.83. The van der Waals surface area contributed by atoms with Crippen LogP contribution in [-0.2, 0) is 4.79 Å². The highest BCUT2D eigenvalue weighted by molar-refractivity contribution is 6.03. The Morgan fingerprint density at radius 2 is 1.97 bits per heavy atom. The molecule has 0 unspecified atom stereocenters. The number of amides is 1. The molecule has 4 aromatic heterocycles. The van der Waals surface area contributed by atoms with Crippen molar-refractivity contribution in [2.45, 2.75) is 39.5 Å². The molecule has 3 N–H and O–H groups in total. The normalized spacial score (nSPS) is 16.8. The molecule has 0 spiro atoms. The second-order valence-corrected chi connectivity index (χ2v) is 10.3. The fraction of sp³-hybridized carbons (Fsp3) is 0.267. The quantitative estimate of drug-likeness (QED) is 0.298. The molecule has 1 aliphatic carbocycles. The van der Waals surface area contributed by atoms with Gasteiger partial charge in [0.1, 0.15) is 11.2 Å². The second-order valence-electron chi connectivity index (χ2n) is 10.3. The van der Waals surface area contributed by atoms with Crippen molar-refractivity contribution in [1.82, 2.24) is 30.3 Å². The number of fused-ring (bicyclic) bond motifs is 1. The van der Waals surface area contributed by atoms with E-state index in [4.69, 9.17) is 4.98 Å². The number of allylic oxidation sites excluding steroid dienone is 4. The minimum absolute atomic E-state index is 0.0890. The maximum Gasteiger partial charge on any atom is 0.227 e. The van der Waals surface area contributed by atoms with E-state index in [1.807, 2.05) is 36.8 Å². The van der Waals surface area contributed by atoms with E-state index in [-0.39, 0.29) is 17.7 Å². The first-order chi connectivity index (χ1) is 19.0. The van der Waals surface area contributed by atoms with E-state index in [1.54, 1.807) is 18.6 Å². The van der Waals surface area contributed by atoms with Gasteiger partial charge in [-0.05, 0) is 48.1 Å². The van der Waals surface area contributed by atoms with Crippen LogP contribution in [0.1, 0.15) is 50.9 Å². The lowest BCUT2D eigenvalue weighted by atomic mass is 9.85. The van der Waals surface area contributed by atoms with Crippen molar-refractivity contribution < 1.29 is 4.79 Å². The van der Waals surface area contributed by atoms with E-state index in [2.05, 4.69) is 61.8 Å². The van der Waals surface area contributed by atoms with Gasteiger partial charge in [-0.2, -0.15) is 5.10 Å². The Kier molecular flexibility index (Phi) is 6.71. The van der Waals surface area contributed by atoms with Gasteiger partial charge in [-0.3, -0.25) is 25.2 Å². The van der Waals surface area contributed by atoms with Crippen molar-refractivity contribution in [3.05, 3.63) is 84.6 Å². The maximum absolute atomic E-state index is 12.4. The van der Waals surface area contributed by atoms with Crippen molar-refractivity contribution in [2.75, 3.05) is 5.32 Å². The molecule has 9 heteroatoms. The lowest BCUT2D eigenvalue weighted by Crippen LogP contribution is -2.28. The van der Waals surface area contributed by atoms with Gasteiger partial charge >= 0.3 is 0 Å². The highest BCUT2D eigenvalue weighted by Gasteiger charge is 2.25. The molecule has 1 aliphatic heterocycles. The number of hydrazone groups is 1. The monoisotopic (exact) mass is 518 g/mol. The summed E-state index contributed by atoms with van der Waals surface area (Å²) in [5.74, 6) is 1.19. The van der Waals surface area contributed by atoms with Crippen LogP contribution in [0.15, 0.2) is 78.3 Å². The topological polar surface area (TPSA) is 121 Å². The zero-order valence-corrected chi connectivity index (χ0v) is 22.0. The predicted octanol–water partition coefficient (Wildman–Crippen LogP) is 5.47. The molecule has 0 aromatic carbocycles. The summed E-state index contributed by atoms with van der Waals surface area (Å²) < 4.78 is 0. The molecule has 0 atom stereocenters. The first kappa shape index (κ1) is 24.7. The summed E-state index contributed by atoms with van der Waals surface area (Å²) in [5, 5.41) is 7.57. The van der Waals surface area contributed by atoms with E-state index in [9.17, 15) is 4.79 Å². The van der Waals surface area contributed by atoms with Gasteiger partial charge < -0.3 is 10.3 Å². The largest absolute Gasteiger partial charge is 0.336 e. The Balaban J connectivity index is 1.20. The van der Waals surface area contributed by atoms with Crippen LogP contribution in [0, 0.1) is 11.8 Å². The number of hydrogen-bond acceptors (Lipinski definition) is 7. The van der Waals surface area contributed by atoms with E-state index in [0.717, 1.165) is 69.7 Å². The number of aromatic amines is 1. The number of rotatable bonds is 7. The number of carbonyl (C=O) groups is 1. The van der Waals surface area contributed by atoms with E-state index in [1.165, 1.54) is 0 Å². The molecule has 0 radical (unpaired) electrons. The summed E-state index contributed by atoms with van der Waals surface area (Å²) in [6.07, 6.45) is 18.5. The van der Waals surface area contributed by atoms with Crippen LogP contribution in [0.25, 0.3) is 27.7 Å². The Morgan fingerprint density at radius 1 is 1.10 bits per heavy atom. The average Bonchev–Trinajstić information content (AvgIpc) is 3.55. The van der Waals surface area contributed by atoms with Crippen LogP contribution in [-0.4, -0.2) is 36.5 Å². The summed E-state index contributed by atoms with van der Waals surface area (Å²) in [4.78, 5) is 33.6. The fourth-order valence-corrected chi connectivity index (χ4v) is 4.83. The number of anilines is 1. The van der Waals surface area contributed by atoms with Gasteiger partial charge in [0.2, 0.25) is 5.91 Å². The molecule has 9 nitrogen and oxygen atoms in total. The smallest absolute Gasteiger partial charge is 0.227 e. The van der Waals surface area contributed by atoms with Crippen LogP contribution in [0.2, 0.25) is 0 Å². The van der Waals surface area contributed by atoms with Gasteiger partial charge in [-0.25, -0.2) is 4.98 Å². The molecule has 0 bridgehead atoms. The zero-order valence-electron chi connectivity index (χ0n) is 22.0. The first-order valence-corrected chi connectivity index (χ1v) is 13.3. The van der Waals surface area contributed by atoms with Crippen LogP contribution >= 0.6 is 0 Å². The Morgan fingerprint density at radius 3 is 2.74 bits per heavy atom. The third-order valence-electron chi connectivity index (χ3n) is 7.23. The van der Waals surface area contributed by atoms with Gasteiger partial charge in [0.25, 0.3) is 0 Å². The Hall–Kier alpha value is -4.66. The standard InChI is InChI=1S/C30H30N8O/c1-18(2)24(21-11-23(15-32-14-21)34-30(39)19-5-3-6-19)9-8-22-12-26(38-37-22)29-35-27-17-33-16-25(28(27)36-29)20-7-4-10-31-13-20/h4,7-11,13-19,37H,3,5-6,12H2,1-2H3,(H,34,39)(H,35,36)/b22-8+,24-9+. The molecule has 1 amide bonds. The van der Waals surface area contributed by atoms with E-state index >= 15 is 0 Å². The van der Waals surface area contributed by atoms with Crippen LogP contribution < -0.4 is 10.7 Å². The SMILES string of the molecule is CC(C)/C(=C\C=C1/CC(c2nc3c(-c4cccnc4)cncc3[nH]2)=NN1)c1cncc(NC(=O)C2CCC2)c1. The first-order valence-electron chi connectivity index (χ1n) is 13.3. The van der Waals surface area contributed by atoms with Gasteiger partial charge in [-0.15, -0.1) is 0 Å². The summed E-state index contributed by atoms with van der Waals surface area (Å²) in [5.41, 5.74) is 11.4. The molecular weight excluding hydrogens is 488 g/mol. The molecular formula is C30H30N8O. The summed E-state index contributed by atoms with van der Waals surface area (Å²) in [7, 11) is 0. The minimum Gasteiger partial charge on any atom is -0.336 e. The average molecular weight is 519 g/mol. The number of H-pyrrole nitrogens is 1. The Labute approximate surface area is 226 Å². The molecule has 196 valence electrons. The van der Waals surface area contributed by atoms with E-state index < -0.39 is 0 Å². The highest BCUT2D eigenvalue weighted by Crippen LogP contribution is 2.30. The van der Waals surface area contributed by atoms with Crippen LogP contribution in [0.3, 0.4) is 0 Å². The van der Waals surface area contributed by atoms with Crippen LogP contribution in [0.5, 0.6) is 0 Å². The summed E-state index contributed by atoms with van der Waals surface area (Å²) in [6.45, 7) is 4.30. The van der Waals surface area contributed by atoms with Crippen molar-refractivity contribution >= 4 is 33.9 Å². The van der Waals surface area contributed by atoms with Crippen molar-refractivity contribution in [2.24, 2.45) is 16.9 Å². The van der Waals surface area contributed by atoms with Crippen LogP contribution in [0.4, 0.5) is 5.69 Å². The molecule has 0 saturated heterocycles. The number of aromatic nitrogens is 5. The molecule has 1 saturated carbocycles. The molecule has 4 aromatic rings. The van der Waals surface area contributed by atoms with Gasteiger partial charge in [0, 0.05) is 54.0 Å². The van der Waals surface area contributed by atoms with Crippen molar-refractivity contribution in [1.29, 1.82) is 0 Å². The van der Waals surface area contributed by atoms with Gasteiger partial charge in [0.15, 0.2) is 5.82 Å². The number of hydrogen-bond donors (Lipinski definition) is 3. The molecule has 39 heavy (non-hydrogen) atoms. The van der Waals surface area contributed by atoms with Gasteiger partial charge in [0.05, 0.1) is 23.6 Å². The second kappa shape index (κ2) is 10.6. The lowest BCUT2D eigenvalue weighted by molar-refractivity contribution is -0.122. The maximum atomic E-state index is 12.4. The molecule has 6 rings (SSSR count). The predicted molar refractivity (Wildman–Crippen MR) is 153 cm³/mol. The summed E-state index contributed by atoms with van der Waals surface area (Å²) in [6, 6.07) is 5.90. The number of nitrogens with one attached hydrogen (secondary N) is 3. The lowest BCUT2D eigenvalue weighted by Gasteiger charge is -2.24. The van der Waals surface area contributed by atoms with Crippen molar-refractivity contribution in [3.63, 3.8) is 0 Å². The highest BCUT2D eigenvalue weighted by atomic mass is 16.1. The zero-order chi connectivity index (χ0) is 26.8. The molecule has 5 heterocycles. The minimum atomic E-state index is 0.0890. The molecule has 2 aliphatic rings. The number of imidazole rings is 1. The molecule has 1 fully saturated rings. The number of carbonyl (C=O) groups excluding carboxylic acids is 1. The van der Waals surface area contributed by atoms with E-state index in [0.29, 0.717) is 12.2 Å².